The molecule has 0 fully saturated rings. The average Bonchev–Trinajstić information content (AvgIpc) is 2.50. The van der Waals surface area contributed by atoms with Crippen molar-refractivity contribution in [1.29, 1.82) is 0 Å². The first kappa shape index (κ1) is 18.0. The van der Waals surface area contributed by atoms with E-state index in [1.807, 2.05) is 0 Å². The third-order valence-electron chi connectivity index (χ3n) is 2.82. The highest BCUT2D eigenvalue weighted by atomic mass is 79.9. The van der Waals surface area contributed by atoms with Gasteiger partial charge in [-0.1, -0.05) is 23.2 Å². The third kappa shape index (κ3) is 4.81. The summed E-state index contributed by atoms with van der Waals surface area (Å²) in [6.45, 7) is 0. The molecule has 0 saturated carbocycles. The molecule has 2 aromatic carbocycles. The number of nitrogens with one attached hydrogen (secondary N) is 2. The summed E-state index contributed by atoms with van der Waals surface area (Å²) in [7, 11) is 1.55. The Morgan fingerprint density at radius 2 is 1.91 bits per heavy atom. The highest BCUT2D eigenvalue weighted by Crippen LogP contribution is 2.26. The van der Waals surface area contributed by atoms with Crippen LogP contribution < -0.4 is 15.4 Å². The fraction of sp³-hybridized carbons (Fsp3) is 0.0667. The molecule has 0 radical (unpaired) electrons. The van der Waals surface area contributed by atoms with Crippen molar-refractivity contribution in [2.75, 3.05) is 12.4 Å². The summed E-state index contributed by atoms with van der Waals surface area (Å²) in [4.78, 5) is 12.2. The quantitative estimate of drug-likeness (QED) is 0.676. The van der Waals surface area contributed by atoms with Gasteiger partial charge in [-0.15, -0.1) is 0 Å². The molecule has 23 heavy (non-hydrogen) atoms. The van der Waals surface area contributed by atoms with Crippen molar-refractivity contribution in [3.8, 4) is 5.75 Å². The normalized spacial score (nSPS) is 10.1. The van der Waals surface area contributed by atoms with Gasteiger partial charge in [0.15, 0.2) is 5.11 Å². The van der Waals surface area contributed by atoms with Gasteiger partial charge >= 0.3 is 0 Å². The summed E-state index contributed by atoms with van der Waals surface area (Å²) < 4.78 is 5.80. The van der Waals surface area contributed by atoms with Crippen LogP contribution in [0.25, 0.3) is 0 Å². The maximum atomic E-state index is 12.2. The first-order valence-electron chi connectivity index (χ1n) is 6.31. The number of hydrogen-bond acceptors (Lipinski definition) is 3. The predicted molar refractivity (Wildman–Crippen MR) is 101 cm³/mol. The fourth-order valence-corrected chi connectivity index (χ4v) is 2.77. The molecule has 0 aliphatic heterocycles. The van der Waals surface area contributed by atoms with E-state index in [0.717, 1.165) is 0 Å². The molecule has 0 atom stereocenters. The molecule has 0 aromatic heterocycles. The molecular weight excluding hydrogens is 423 g/mol. The molecule has 0 unspecified atom stereocenters. The molecule has 1 amide bonds. The number of methoxy groups -OCH3 is 1. The maximum Gasteiger partial charge on any atom is 0.257 e. The minimum Gasteiger partial charge on any atom is -0.496 e. The van der Waals surface area contributed by atoms with Gasteiger partial charge in [-0.25, -0.2) is 0 Å². The van der Waals surface area contributed by atoms with Crippen LogP contribution in [0.4, 0.5) is 5.69 Å². The Bertz CT molecular complexity index is 771. The monoisotopic (exact) mass is 432 g/mol. The summed E-state index contributed by atoms with van der Waals surface area (Å²) >= 11 is 20.2. The zero-order valence-electron chi connectivity index (χ0n) is 11.8. The van der Waals surface area contributed by atoms with Crippen molar-refractivity contribution < 1.29 is 9.53 Å². The molecule has 0 heterocycles. The number of anilines is 1. The smallest absolute Gasteiger partial charge is 0.257 e. The second-order valence-electron chi connectivity index (χ2n) is 4.39. The number of thiocarbonyl (C=S) groups is 1. The van der Waals surface area contributed by atoms with Crippen molar-refractivity contribution in [3.63, 3.8) is 0 Å². The van der Waals surface area contributed by atoms with Crippen LogP contribution in [0.2, 0.25) is 10.0 Å². The Hall–Kier alpha value is -1.34. The van der Waals surface area contributed by atoms with Gasteiger partial charge in [0, 0.05) is 11.3 Å². The van der Waals surface area contributed by atoms with Gasteiger partial charge in [-0.05, 0) is 64.5 Å². The molecule has 2 aromatic rings. The Morgan fingerprint density at radius 3 is 2.52 bits per heavy atom. The number of amides is 1. The van der Waals surface area contributed by atoms with Crippen molar-refractivity contribution in [1.82, 2.24) is 5.32 Å². The lowest BCUT2D eigenvalue weighted by molar-refractivity contribution is 0.0977. The summed E-state index contributed by atoms with van der Waals surface area (Å²) in [5.41, 5.74) is 1.07. The van der Waals surface area contributed by atoms with Crippen LogP contribution in [0, 0.1) is 0 Å². The SMILES string of the molecule is COc1ccc(C(=O)NC(=S)Nc2ccc(Cl)c(Cl)c2)cc1Br. The minimum atomic E-state index is -0.342. The summed E-state index contributed by atoms with van der Waals surface area (Å²) in [6.07, 6.45) is 0. The van der Waals surface area contributed by atoms with Crippen LogP contribution in [0.3, 0.4) is 0 Å². The highest BCUT2D eigenvalue weighted by Gasteiger charge is 2.11. The lowest BCUT2D eigenvalue weighted by Gasteiger charge is -2.11. The van der Waals surface area contributed by atoms with E-state index >= 15 is 0 Å². The van der Waals surface area contributed by atoms with Gasteiger partial charge in [-0.3, -0.25) is 10.1 Å². The van der Waals surface area contributed by atoms with Crippen molar-refractivity contribution >= 4 is 68.1 Å². The summed E-state index contributed by atoms with van der Waals surface area (Å²) in [6, 6.07) is 9.94. The predicted octanol–water partition coefficient (Wildman–Crippen LogP) is 4.89. The van der Waals surface area contributed by atoms with Crippen LogP contribution >= 0.6 is 51.3 Å². The lowest BCUT2D eigenvalue weighted by Crippen LogP contribution is -2.34. The van der Waals surface area contributed by atoms with Gasteiger partial charge in [0.1, 0.15) is 5.75 Å². The van der Waals surface area contributed by atoms with Crippen LogP contribution in [0.15, 0.2) is 40.9 Å². The number of carbonyl (C=O) groups is 1. The van der Waals surface area contributed by atoms with Crippen LogP contribution in [-0.4, -0.2) is 18.1 Å². The number of benzene rings is 2. The lowest BCUT2D eigenvalue weighted by atomic mass is 10.2. The van der Waals surface area contributed by atoms with Gasteiger partial charge < -0.3 is 10.1 Å². The Kier molecular flexibility index (Phi) is 6.24. The molecule has 8 heteroatoms. The van der Waals surface area contributed by atoms with Crippen LogP contribution in [0.5, 0.6) is 5.75 Å². The van der Waals surface area contributed by atoms with E-state index in [1.165, 1.54) is 0 Å². The largest absolute Gasteiger partial charge is 0.496 e. The van der Waals surface area contributed by atoms with Crippen LogP contribution in [0.1, 0.15) is 10.4 Å². The van der Waals surface area contributed by atoms with Gasteiger partial charge in [0.05, 0.1) is 21.6 Å². The molecule has 0 aliphatic carbocycles. The van der Waals surface area contributed by atoms with E-state index < -0.39 is 0 Å². The maximum absolute atomic E-state index is 12.2. The highest BCUT2D eigenvalue weighted by molar-refractivity contribution is 9.10. The molecule has 0 bridgehead atoms. The van der Waals surface area contributed by atoms with E-state index in [1.54, 1.807) is 43.5 Å². The molecule has 2 rings (SSSR count). The number of hydrogen-bond donors (Lipinski definition) is 2. The fourth-order valence-electron chi connectivity index (χ4n) is 1.72. The van der Waals surface area contributed by atoms with Gasteiger partial charge in [0.2, 0.25) is 0 Å². The van der Waals surface area contributed by atoms with Crippen molar-refractivity contribution in [3.05, 3.63) is 56.5 Å². The molecule has 120 valence electrons. The molecule has 0 spiro atoms. The van der Waals surface area contributed by atoms with E-state index in [-0.39, 0.29) is 11.0 Å². The molecule has 4 nitrogen and oxygen atoms in total. The zero-order chi connectivity index (χ0) is 17.0. The molecule has 0 aliphatic rings. The number of rotatable bonds is 3. The Balaban J connectivity index is 2.03. The number of carbonyl (C=O) groups excluding carboxylic acids is 1. The molecular formula is C15H11BrCl2N2O2S. The van der Waals surface area contributed by atoms with E-state index in [2.05, 4.69) is 26.6 Å². The van der Waals surface area contributed by atoms with Crippen molar-refractivity contribution in [2.24, 2.45) is 0 Å². The van der Waals surface area contributed by atoms with Gasteiger partial charge in [0.25, 0.3) is 5.91 Å². The molecule has 0 saturated heterocycles. The Morgan fingerprint density at radius 1 is 1.17 bits per heavy atom. The standard InChI is InChI=1S/C15H11BrCl2N2O2S/c1-22-13-5-2-8(6-10(13)16)14(21)20-15(23)19-9-3-4-11(17)12(18)7-9/h2-7H,1H3,(H2,19,20,21,23). The second-order valence-corrected chi connectivity index (χ2v) is 6.46. The molecule has 2 N–H and O–H groups in total. The van der Waals surface area contributed by atoms with E-state index in [0.29, 0.717) is 31.5 Å². The first-order valence-corrected chi connectivity index (χ1v) is 8.27. The zero-order valence-corrected chi connectivity index (χ0v) is 15.7. The Labute approximate surface area is 157 Å². The van der Waals surface area contributed by atoms with E-state index in [9.17, 15) is 4.79 Å². The first-order chi connectivity index (χ1) is 10.9. The summed E-state index contributed by atoms with van der Waals surface area (Å²) in [5, 5.41) is 6.44. The third-order valence-corrected chi connectivity index (χ3v) is 4.38. The number of ether oxygens (including phenoxy) is 1. The number of halogens is 3. The average molecular weight is 434 g/mol. The topological polar surface area (TPSA) is 50.4 Å². The minimum absolute atomic E-state index is 0.153. The van der Waals surface area contributed by atoms with Crippen molar-refractivity contribution in [2.45, 2.75) is 0 Å². The van der Waals surface area contributed by atoms with Crippen LogP contribution in [-0.2, 0) is 0 Å². The second kappa shape index (κ2) is 7.97. The van der Waals surface area contributed by atoms with E-state index in [4.69, 9.17) is 40.2 Å². The summed E-state index contributed by atoms with van der Waals surface area (Å²) in [5.74, 6) is 0.295. The van der Waals surface area contributed by atoms with Gasteiger partial charge in [-0.2, -0.15) is 0 Å².